The van der Waals surface area contributed by atoms with Crippen molar-refractivity contribution in [2.24, 2.45) is 0 Å². The van der Waals surface area contributed by atoms with E-state index in [4.69, 9.17) is 4.42 Å². The topological polar surface area (TPSA) is 62.6 Å². The van der Waals surface area contributed by atoms with E-state index >= 15 is 0 Å². The molecule has 5 nitrogen and oxygen atoms in total. The molecule has 0 fully saturated rings. The van der Waals surface area contributed by atoms with Crippen LogP contribution < -0.4 is 5.32 Å². The third-order valence-electron chi connectivity index (χ3n) is 3.63. The van der Waals surface area contributed by atoms with Gasteiger partial charge >= 0.3 is 6.03 Å². The molecule has 0 saturated heterocycles. The third kappa shape index (κ3) is 3.65. The Bertz CT molecular complexity index is 871. The molecule has 124 valence electrons. The Balaban J connectivity index is 1.68. The molecule has 2 aromatic carbocycles. The number of amides is 2. The van der Waals surface area contributed by atoms with Crippen LogP contribution in [0.25, 0.3) is 11.0 Å². The highest BCUT2D eigenvalue weighted by atomic mass is 32.2. The van der Waals surface area contributed by atoms with Crippen LogP contribution in [0.5, 0.6) is 0 Å². The fourth-order valence-corrected chi connectivity index (χ4v) is 2.96. The highest BCUT2D eigenvalue weighted by Gasteiger charge is 2.12. The zero-order valence-electron chi connectivity index (χ0n) is 13.5. The van der Waals surface area contributed by atoms with E-state index in [1.54, 1.807) is 37.6 Å². The Labute approximate surface area is 142 Å². The molecule has 1 N–H and O–H groups in total. The lowest BCUT2D eigenvalue weighted by Crippen LogP contribution is -2.30. The molecule has 1 atom stereocenters. The van der Waals surface area contributed by atoms with Crippen molar-refractivity contribution >= 4 is 33.5 Å². The first-order chi connectivity index (χ1) is 11.5. The van der Waals surface area contributed by atoms with Crippen molar-refractivity contribution in [1.29, 1.82) is 0 Å². The van der Waals surface area contributed by atoms with Gasteiger partial charge in [0.25, 0.3) is 0 Å². The molecule has 0 spiro atoms. The molecule has 0 aliphatic rings. The summed E-state index contributed by atoms with van der Waals surface area (Å²) in [4.78, 5) is 14.5. The smallest absolute Gasteiger partial charge is 0.321 e. The van der Waals surface area contributed by atoms with Crippen molar-refractivity contribution in [3.63, 3.8) is 0 Å². The molecule has 3 rings (SSSR count). The predicted octanol–water partition coefficient (Wildman–Crippen LogP) is 3.83. The number of carbonyl (C=O) groups is 1. The highest BCUT2D eigenvalue weighted by molar-refractivity contribution is 7.84. The number of furan rings is 1. The van der Waals surface area contributed by atoms with Crippen molar-refractivity contribution in [2.45, 2.75) is 11.4 Å². The molecule has 0 aliphatic carbocycles. The van der Waals surface area contributed by atoms with Crippen LogP contribution in [0.4, 0.5) is 10.5 Å². The zero-order valence-corrected chi connectivity index (χ0v) is 14.3. The second-order valence-corrected chi connectivity index (χ2v) is 6.90. The number of hydrogen-bond acceptors (Lipinski definition) is 3. The van der Waals surface area contributed by atoms with Crippen LogP contribution in [0, 0.1) is 0 Å². The number of nitrogens with one attached hydrogen (secondary N) is 1. The molecule has 1 aromatic heterocycles. The lowest BCUT2D eigenvalue weighted by molar-refractivity contribution is 0.217. The number of anilines is 1. The van der Waals surface area contributed by atoms with Gasteiger partial charge in [0, 0.05) is 40.1 Å². The summed E-state index contributed by atoms with van der Waals surface area (Å²) >= 11 is 0. The number of nitrogens with zero attached hydrogens (tertiary/aromatic N) is 1. The number of benzene rings is 2. The van der Waals surface area contributed by atoms with E-state index in [0.717, 1.165) is 16.7 Å². The summed E-state index contributed by atoms with van der Waals surface area (Å²) in [6.07, 6.45) is 1.61. The SMILES string of the molecule is CN(Cc1cc2ccccc2o1)C(=O)Nc1cccc(S(C)=O)c1. The van der Waals surface area contributed by atoms with E-state index in [1.165, 1.54) is 4.90 Å². The second kappa shape index (κ2) is 6.88. The molecule has 0 aliphatic heterocycles. The predicted molar refractivity (Wildman–Crippen MR) is 95.5 cm³/mol. The molecular weight excluding hydrogens is 324 g/mol. The third-order valence-corrected chi connectivity index (χ3v) is 4.55. The van der Waals surface area contributed by atoms with Crippen LogP contribution in [-0.4, -0.2) is 28.4 Å². The van der Waals surface area contributed by atoms with Gasteiger partial charge in [-0.2, -0.15) is 0 Å². The van der Waals surface area contributed by atoms with Crippen LogP contribution in [0.2, 0.25) is 0 Å². The number of hydrogen-bond donors (Lipinski definition) is 1. The number of fused-ring (bicyclic) bond motifs is 1. The number of urea groups is 1. The summed E-state index contributed by atoms with van der Waals surface area (Å²) in [5.74, 6) is 0.720. The number of carbonyl (C=O) groups excluding carboxylic acids is 1. The summed E-state index contributed by atoms with van der Waals surface area (Å²) in [7, 11) is 0.614. The molecule has 2 amide bonds. The Morgan fingerprint density at radius 2 is 1.96 bits per heavy atom. The van der Waals surface area contributed by atoms with E-state index in [9.17, 15) is 9.00 Å². The van der Waals surface area contributed by atoms with E-state index in [-0.39, 0.29) is 6.03 Å². The minimum Gasteiger partial charge on any atom is -0.459 e. The van der Waals surface area contributed by atoms with Crippen LogP contribution in [0.1, 0.15) is 5.76 Å². The molecule has 0 bridgehead atoms. The normalized spacial score (nSPS) is 12.1. The summed E-state index contributed by atoms with van der Waals surface area (Å²) in [6.45, 7) is 0.361. The Hall–Kier alpha value is -2.60. The van der Waals surface area contributed by atoms with E-state index in [0.29, 0.717) is 17.1 Å². The summed E-state index contributed by atoms with van der Waals surface area (Å²) in [6, 6.07) is 16.4. The highest BCUT2D eigenvalue weighted by Crippen LogP contribution is 2.20. The van der Waals surface area contributed by atoms with Crippen molar-refractivity contribution in [2.75, 3.05) is 18.6 Å². The average molecular weight is 342 g/mol. The Morgan fingerprint density at radius 3 is 2.71 bits per heavy atom. The van der Waals surface area contributed by atoms with Gasteiger partial charge in [0.1, 0.15) is 11.3 Å². The van der Waals surface area contributed by atoms with Crippen molar-refractivity contribution in [3.8, 4) is 0 Å². The maximum Gasteiger partial charge on any atom is 0.321 e. The maximum atomic E-state index is 12.3. The van der Waals surface area contributed by atoms with E-state index in [1.807, 2.05) is 30.3 Å². The second-order valence-electron chi connectivity index (χ2n) is 5.52. The van der Waals surface area contributed by atoms with Crippen LogP contribution in [-0.2, 0) is 17.3 Å². The molecule has 0 radical (unpaired) electrons. The molecule has 3 aromatic rings. The van der Waals surface area contributed by atoms with Crippen molar-refractivity contribution in [3.05, 3.63) is 60.4 Å². The van der Waals surface area contributed by atoms with Gasteiger partial charge in [-0.15, -0.1) is 0 Å². The summed E-state index contributed by atoms with van der Waals surface area (Å²) < 4.78 is 17.2. The molecule has 0 saturated carbocycles. The minimum absolute atomic E-state index is 0.255. The van der Waals surface area contributed by atoms with Gasteiger partial charge in [0.05, 0.1) is 6.54 Å². The van der Waals surface area contributed by atoms with Gasteiger partial charge < -0.3 is 14.6 Å². The summed E-state index contributed by atoms with van der Waals surface area (Å²) in [5, 5.41) is 3.82. The van der Waals surface area contributed by atoms with Gasteiger partial charge in [0.2, 0.25) is 0 Å². The largest absolute Gasteiger partial charge is 0.459 e. The monoisotopic (exact) mass is 342 g/mol. The van der Waals surface area contributed by atoms with Crippen LogP contribution >= 0.6 is 0 Å². The molecule has 6 heteroatoms. The summed E-state index contributed by atoms with van der Waals surface area (Å²) in [5.41, 5.74) is 1.42. The Morgan fingerprint density at radius 1 is 1.17 bits per heavy atom. The van der Waals surface area contributed by atoms with Crippen LogP contribution in [0.3, 0.4) is 0 Å². The van der Waals surface area contributed by atoms with Gasteiger partial charge in [0.15, 0.2) is 0 Å². The number of rotatable bonds is 4. The fourth-order valence-electron chi connectivity index (χ4n) is 2.39. The molecule has 24 heavy (non-hydrogen) atoms. The first kappa shape index (κ1) is 16.3. The average Bonchev–Trinajstić information content (AvgIpc) is 2.97. The maximum absolute atomic E-state index is 12.3. The first-order valence-corrected chi connectivity index (χ1v) is 9.02. The minimum atomic E-state index is -1.09. The lowest BCUT2D eigenvalue weighted by Gasteiger charge is -2.16. The van der Waals surface area contributed by atoms with Gasteiger partial charge in [-0.05, 0) is 30.3 Å². The molecule has 1 unspecified atom stereocenters. The number of para-hydroxylation sites is 1. The molecule has 1 heterocycles. The quantitative estimate of drug-likeness (QED) is 0.784. The zero-order chi connectivity index (χ0) is 17.1. The van der Waals surface area contributed by atoms with Crippen molar-refractivity contribution < 1.29 is 13.4 Å². The van der Waals surface area contributed by atoms with Gasteiger partial charge in [-0.1, -0.05) is 24.3 Å². The van der Waals surface area contributed by atoms with Gasteiger partial charge in [-0.3, -0.25) is 4.21 Å². The van der Waals surface area contributed by atoms with E-state index < -0.39 is 10.8 Å². The standard InChI is InChI=1S/C18H18N2O3S/c1-20(12-15-10-13-6-3-4-9-17(13)23-15)18(21)19-14-7-5-8-16(11-14)24(2)22/h3-11H,12H2,1-2H3,(H,19,21). The van der Waals surface area contributed by atoms with Gasteiger partial charge in [-0.25, -0.2) is 4.79 Å². The van der Waals surface area contributed by atoms with Crippen molar-refractivity contribution in [1.82, 2.24) is 4.90 Å². The van der Waals surface area contributed by atoms with Crippen LogP contribution in [0.15, 0.2) is 63.9 Å². The lowest BCUT2D eigenvalue weighted by atomic mass is 10.2. The Kier molecular flexibility index (Phi) is 4.66. The first-order valence-electron chi connectivity index (χ1n) is 7.46. The van der Waals surface area contributed by atoms with E-state index in [2.05, 4.69) is 5.32 Å². The fraction of sp³-hybridized carbons (Fsp3) is 0.167. The molecular formula is C18H18N2O3S.